The lowest BCUT2D eigenvalue weighted by molar-refractivity contribution is -0.193. The Bertz CT molecular complexity index is 915. The molecule has 3 N–H and O–H groups in total. The van der Waals surface area contributed by atoms with Gasteiger partial charge in [-0.1, -0.05) is 12.1 Å². The number of nitrogens with zero attached hydrogens (tertiary/aromatic N) is 3. The normalized spacial score (nSPS) is 16.0. The number of piperidine rings is 1. The quantitative estimate of drug-likeness (QED) is 0.517. The van der Waals surface area contributed by atoms with Crippen molar-refractivity contribution in [1.82, 2.24) is 14.5 Å². The van der Waals surface area contributed by atoms with Crippen molar-refractivity contribution < 1.29 is 51.3 Å². The van der Waals surface area contributed by atoms with Crippen LogP contribution >= 0.6 is 0 Å². The number of aromatic nitrogens is 2. The van der Waals surface area contributed by atoms with Crippen LogP contribution in [0.15, 0.2) is 30.6 Å². The van der Waals surface area contributed by atoms with Crippen LogP contribution in [0.3, 0.4) is 0 Å². The van der Waals surface area contributed by atoms with Gasteiger partial charge in [0.05, 0.1) is 17.4 Å². The molecule has 0 amide bonds. The summed E-state index contributed by atoms with van der Waals surface area (Å²) in [4.78, 5) is 24.8. The first-order valence-corrected chi connectivity index (χ1v) is 10.5. The van der Waals surface area contributed by atoms with Gasteiger partial charge in [0.25, 0.3) is 0 Å². The van der Waals surface area contributed by atoms with E-state index in [-0.39, 0.29) is 0 Å². The van der Waals surface area contributed by atoms with Crippen LogP contribution in [0.2, 0.25) is 0 Å². The fraction of sp³-hybridized carbons (Fsp3) is 0.571. The first-order chi connectivity index (χ1) is 16.2. The minimum absolute atomic E-state index is 0.335. The zero-order chi connectivity index (χ0) is 26.8. The van der Waals surface area contributed by atoms with Crippen molar-refractivity contribution in [2.45, 2.75) is 44.6 Å². The molecule has 2 heterocycles. The van der Waals surface area contributed by atoms with Crippen LogP contribution in [-0.2, 0) is 9.59 Å². The Hall–Kier alpha value is -2.87. The molecule has 14 heteroatoms. The number of likely N-dealkylation sites (tertiary alicyclic amines) is 1. The van der Waals surface area contributed by atoms with Crippen LogP contribution in [0.25, 0.3) is 11.0 Å². The number of imidazole rings is 1. The number of aliphatic hydroxyl groups is 1. The minimum Gasteiger partial charge on any atom is -0.475 e. The van der Waals surface area contributed by atoms with Gasteiger partial charge in [-0.3, -0.25) is 0 Å². The molecule has 1 aromatic heterocycles. The summed E-state index contributed by atoms with van der Waals surface area (Å²) in [6, 6.07) is 8.77. The number of carboxylic acid groups (broad SMARTS) is 2. The number of fused-ring (bicyclic) bond motifs is 1. The predicted octanol–water partition coefficient (Wildman–Crippen LogP) is 3.96. The molecular formula is C21H27F6N3O5. The maximum Gasteiger partial charge on any atom is 0.490 e. The molecule has 1 fully saturated rings. The number of halogens is 6. The smallest absolute Gasteiger partial charge is 0.475 e. The lowest BCUT2D eigenvalue weighted by Gasteiger charge is -2.33. The summed E-state index contributed by atoms with van der Waals surface area (Å²) < 4.78 is 65.8. The third-order valence-corrected chi connectivity index (χ3v) is 5.21. The van der Waals surface area contributed by atoms with Gasteiger partial charge in [-0.2, -0.15) is 26.3 Å². The second kappa shape index (κ2) is 13.3. The van der Waals surface area contributed by atoms with E-state index >= 15 is 0 Å². The Balaban J connectivity index is 0.000000362. The highest BCUT2D eigenvalue weighted by Gasteiger charge is 2.38. The van der Waals surface area contributed by atoms with Crippen molar-refractivity contribution in [2.75, 3.05) is 26.2 Å². The third kappa shape index (κ3) is 10.5. The first kappa shape index (κ1) is 30.2. The van der Waals surface area contributed by atoms with Crippen molar-refractivity contribution in [1.29, 1.82) is 0 Å². The lowest BCUT2D eigenvalue weighted by atomic mass is 9.94. The molecule has 0 bridgehead atoms. The van der Waals surface area contributed by atoms with Crippen molar-refractivity contribution in [3.63, 3.8) is 0 Å². The average molecular weight is 515 g/mol. The lowest BCUT2D eigenvalue weighted by Crippen LogP contribution is -2.37. The Morgan fingerprint density at radius 2 is 1.51 bits per heavy atom. The Morgan fingerprint density at radius 1 is 1.03 bits per heavy atom. The van der Waals surface area contributed by atoms with E-state index in [0.29, 0.717) is 12.6 Å². The molecule has 3 rings (SSSR count). The molecule has 8 nitrogen and oxygen atoms in total. The molecule has 1 aromatic carbocycles. The summed E-state index contributed by atoms with van der Waals surface area (Å²) in [5.74, 6) is -4.80. The van der Waals surface area contributed by atoms with E-state index in [0.717, 1.165) is 37.5 Å². The number of carbonyl (C=O) groups is 2. The topological polar surface area (TPSA) is 116 Å². The molecule has 0 spiro atoms. The molecular weight excluding hydrogens is 488 g/mol. The number of hydrogen-bond acceptors (Lipinski definition) is 5. The van der Waals surface area contributed by atoms with E-state index in [1.54, 1.807) is 0 Å². The SMILES string of the molecule is CC(CN1CCC(CCO)CC1)n1cnc2ccccc21.O=C(O)C(F)(F)F.O=C(O)C(F)(F)F. The summed E-state index contributed by atoms with van der Waals surface area (Å²) in [7, 11) is 0. The van der Waals surface area contributed by atoms with E-state index in [4.69, 9.17) is 24.9 Å². The molecule has 1 aliphatic heterocycles. The number of carboxylic acids is 2. The molecule has 35 heavy (non-hydrogen) atoms. The summed E-state index contributed by atoms with van der Waals surface area (Å²) in [6.45, 7) is 5.99. The molecule has 0 aliphatic carbocycles. The molecule has 198 valence electrons. The van der Waals surface area contributed by atoms with Crippen molar-refractivity contribution >= 4 is 23.0 Å². The van der Waals surface area contributed by atoms with E-state index in [1.165, 1.54) is 18.4 Å². The Kier molecular flexibility index (Phi) is 11.4. The van der Waals surface area contributed by atoms with Crippen molar-refractivity contribution in [2.24, 2.45) is 5.92 Å². The second-order valence-corrected chi connectivity index (χ2v) is 7.85. The van der Waals surface area contributed by atoms with E-state index in [2.05, 4.69) is 39.6 Å². The number of benzene rings is 1. The predicted molar refractivity (Wildman–Crippen MR) is 113 cm³/mol. The highest BCUT2D eigenvalue weighted by molar-refractivity contribution is 5.75. The van der Waals surface area contributed by atoms with Gasteiger partial charge in [-0.15, -0.1) is 0 Å². The Morgan fingerprint density at radius 3 is 1.97 bits per heavy atom. The molecule has 0 radical (unpaired) electrons. The highest BCUT2D eigenvalue weighted by atomic mass is 19.4. The fourth-order valence-corrected chi connectivity index (χ4v) is 3.43. The van der Waals surface area contributed by atoms with Gasteiger partial charge in [0.15, 0.2) is 0 Å². The monoisotopic (exact) mass is 515 g/mol. The average Bonchev–Trinajstić information content (AvgIpc) is 3.19. The number of para-hydroxylation sites is 2. The standard InChI is InChI=1S/C17H25N3O.2C2HF3O2/c1-14(12-19-9-6-15(7-10-19)8-11-21)20-13-18-16-4-2-3-5-17(16)20;2*3-2(4,5)1(6)7/h2-5,13-15,21H,6-12H2,1H3;2*(H,6,7). The van der Waals surface area contributed by atoms with Crippen LogP contribution in [0.5, 0.6) is 0 Å². The second-order valence-electron chi connectivity index (χ2n) is 7.85. The van der Waals surface area contributed by atoms with Gasteiger partial charge in [-0.05, 0) is 57.3 Å². The van der Waals surface area contributed by atoms with Gasteiger partial charge in [-0.25, -0.2) is 14.6 Å². The van der Waals surface area contributed by atoms with Gasteiger partial charge < -0.3 is 24.8 Å². The minimum atomic E-state index is -5.08. The van der Waals surface area contributed by atoms with Crippen molar-refractivity contribution in [3.8, 4) is 0 Å². The van der Waals surface area contributed by atoms with E-state index in [1.807, 2.05) is 12.4 Å². The van der Waals surface area contributed by atoms with Crippen LogP contribution in [0.1, 0.15) is 32.2 Å². The molecule has 0 saturated carbocycles. The number of aliphatic hydroxyl groups excluding tert-OH is 1. The summed E-state index contributed by atoms with van der Waals surface area (Å²) in [5, 5.41) is 23.3. The Labute approximate surface area is 196 Å². The maximum absolute atomic E-state index is 10.6. The van der Waals surface area contributed by atoms with Crippen LogP contribution in [0, 0.1) is 5.92 Å². The van der Waals surface area contributed by atoms with Crippen LogP contribution in [-0.4, -0.2) is 80.3 Å². The zero-order valence-electron chi connectivity index (χ0n) is 18.8. The highest BCUT2D eigenvalue weighted by Crippen LogP contribution is 2.23. The van der Waals surface area contributed by atoms with Gasteiger partial charge in [0.2, 0.25) is 0 Å². The van der Waals surface area contributed by atoms with Crippen molar-refractivity contribution in [3.05, 3.63) is 30.6 Å². The fourth-order valence-electron chi connectivity index (χ4n) is 3.43. The van der Waals surface area contributed by atoms with Crippen LogP contribution < -0.4 is 0 Å². The molecule has 1 unspecified atom stereocenters. The van der Waals surface area contributed by atoms with E-state index in [9.17, 15) is 26.3 Å². The van der Waals surface area contributed by atoms with Crippen LogP contribution in [0.4, 0.5) is 26.3 Å². The number of alkyl halides is 6. The first-order valence-electron chi connectivity index (χ1n) is 10.5. The largest absolute Gasteiger partial charge is 0.490 e. The van der Waals surface area contributed by atoms with Gasteiger partial charge >= 0.3 is 24.3 Å². The zero-order valence-corrected chi connectivity index (χ0v) is 18.8. The summed E-state index contributed by atoms with van der Waals surface area (Å²) in [5.41, 5.74) is 2.30. The molecule has 2 aromatic rings. The molecule has 1 atom stereocenters. The van der Waals surface area contributed by atoms with Gasteiger partial charge in [0, 0.05) is 19.2 Å². The number of hydrogen-bond donors (Lipinski definition) is 3. The van der Waals surface area contributed by atoms with E-state index < -0.39 is 24.3 Å². The number of aliphatic carboxylic acids is 2. The van der Waals surface area contributed by atoms with Gasteiger partial charge in [0.1, 0.15) is 0 Å². The maximum atomic E-state index is 10.6. The molecule has 1 aliphatic rings. The summed E-state index contributed by atoms with van der Waals surface area (Å²) >= 11 is 0. The summed E-state index contributed by atoms with van der Waals surface area (Å²) in [6.07, 6.45) is -4.79. The third-order valence-electron chi connectivity index (χ3n) is 5.21. The number of rotatable bonds is 5. The molecule has 1 saturated heterocycles.